The quantitative estimate of drug-likeness (QED) is 0.528. The highest BCUT2D eigenvalue weighted by molar-refractivity contribution is 5.75. The minimum atomic E-state index is 0.0710. The molecule has 2 aromatic carbocycles. The Morgan fingerprint density at radius 2 is 1.54 bits per heavy atom. The number of nitrogen functional groups attached to an aromatic ring is 1. The Morgan fingerprint density at radius 3 is 2.21 bits per heavy atom. The summed E-state index contributed by atoms with van der Waals surface area (Å²) in [5.74, 6) is 0. The highest BCUT2D eigenvalue weighted by atomic mass is 16.1. The van der Waals surface area contributed by atoms with Crippen LogP contribution in [0, 0.1) is 0 Å². The molecule has 0 radical (unpaired) electrons. The molecule has 0 amide bonds. The molecule has 28 heavy (non-hydrogen) atoms. The van der Waals surface area contributed by atoms with Gasteiger partial charge in [0.2, 0.25) is 0 Å². The molecular weight excluding hydrogens is 346 g/mol. The van der Waals surface area contributed by atoms with E-state index in [9.17, 15) is 4.79 Å². The van der Waals surface area contributed by atoms with Crippen LogP contribution in [0.1, 0.15) is 50.8 Å². The van der Waals surface area contributed by atoms with Gasteiger partial charge in [-0.15, -0.1) is 0 Å². The van der Waals surface area contributed by atoms with Gasteiger partial charge in [-0.3, -0.25) is 9.13 Å². The van der Waals surface area contributed by atoms with Crippen molar-refractivity contribution < 1.29 is 0 Å². The van der Waals surface area contributed by atoms with Gasteiger partial charge in [-0.1, -0.05) is 75.2 Å². The number of hydrogen-bond acceptors (Lipinski definition) is 2. The summed E-state index contributed by atoms with van der Waals surface area (Å²) in [6.07, 6.45) is 5.03. The van der Waals surface area contributed by atoms with E-state index in [4.69, 9.17) is 5.73 Å². The van der Waals surface area contributed by atoms with Crippen LogP contribution in [0.4, 0.5) is 5.69 Å². The monoisotopic (exact) mass is 377 g/mol. The summed E-state index contributed by atoms with van der Waals surface area (Å²) in [5, 5.41) is 0. The maximum absolute atomic E-state index is 13.5. The lowest BCUT2D eigenvalue weighted by Crippen LogP contribution is -2.26. The second-order valence-electron chi connectivity index (χ2n) is 7.35. The van der Waals surface area contributed by atoms with E-state index >= 15 is 0 Å². The number of hydrogen-bond donors (Lipinski definition) is 1. The molecule has 0 saturated heterocycles. The largest absolute Gasteiger partial charge is 0.398 e. The first-order valence-corrected chi connectivity index (χ1v) is 10.4. The van der Waals surface area contributed by atoms with Crippen LogP contribution in [0.25, 0.3) is 11.3 Å². The van der Waals surface area contributed by atoms with Crippen molar-refractivity contribution in [3.05, 3.63) is 76.3 Å². The fourth-order valence-electron chi connectivity index (χ4n) is 3.70. The lowest BCUT2D eigenvalue weighted by molar-refractivity contribution is 0.594. The van der Waals surface area contributed by atoms with Gasteiger partial charge in [-0.2, -0.15) is 0 Å². The van der Waals surface area contributed by atoms with E-state index in [1.165, 1.54) is 0 Å². The van der Waals surface area contributed by atoms with Crippen molar-refractivity contribution in [1.82, 2.24) is 9.13 Å². The van der Waals surface area contributed by atoms with Gasteiger partial charge in [-0.25, -0.2) is 4.79 Å². The number of nitrogens with zero attached hydrogens (tertiary/aromatic N) is 2. The van der Waals surface area contributed by atoms with Crippen molar-refractivity contribution in [1.29, 1.82) is 0 Å². The molecule has 0 unspecified atom stereocenters. The van der Waals surface area contributed by atoms with E-state index in [0.29, 0.717) is 6.54 Å². The van der Waals surface area contributed by atoms with Gasteiger partial charge in [0.05, 0.1) is 12.2 Å². The second-order valence-corrected chi connectivity index (χ2v) is 7.35. The minimum Gasteiger partial charge on any atom is -0.398 e. The highest BCUT2D eigenvalue weighted by Gasteiger charge is 2.22. The predicted octanol–water partition coefficient (Wildman–Crippen LogP) is 5.09. The lowest BCUT2D eigenvalue weighted by Gasteiger charge is -2.13. The number of anilines is 1. The average Bonchev–Trinajstić information content (AvgIpc) is 2.97. The number of nitrogens with two attached hydrogens (primary N) is 1. The van der Waals surface area contributed by atoms with Crippen LogP contribution in [-0.2, 0) is 19.5 Å². The fraction of sp³-hybridized carbons (Fsp3) is 0.375. The van der Waals surface area contributed by atoms with Crippen LogP contribution in [0.3, 0.4) is 0 Å². The van der Waals surface area contributed by atoms with E-state index in [1.54, 1.807) is 0 Å². The zero-order chi connectivity index (χ0) is 19.9. The van der Waals surface area contributed by atoms with Crippen molar-refractivity contribution in [2.45, 2.75) is 59.0 Å². The van der Waals surface area contributed by atoms with Crippen LogP contribution < -0.4 is 11.4 Å². The van der Waals surface area contributed by atoms with Crippen molar-refractivity contribution in [3.63, 3.8) is 0 Å². The van der Waals surface area contributed by atoms with Crippen LogP contribution >= 0.6 is 0 Å². The van der Waals surface area contributed by atoms with Crippen molar-refractivity contribution >= 4 is 5.69 Å². The Morgan fingerprint density at radius 1 is 0.857 bits per heavy atom. The standard InChI is InChI=1S/C24H31N3O/c1-3-5-16-22-23(20-14-10-11-15-21(20)25)26(17-6-4-2)24(28)27(22)18-19-12-8-7-9-13-19/h7-15H,3-6,16-18,25H2,1-2H3. The number of rotatable bonds is 9. The Hall–Kier alpha value is -2.75. The first-order chi connectivity index (χ1) is 13.7. The van der Waals surface area contributed by atoms with Crippen LogP contribution in [0.2, 0.25) is 0 Å². The molecule has 0 aliphatic carbocycles. The van der Waals surface area contributed by atoms with Gasteiger partial charge >= 0.3 is 5.69 Å². The predicted molar refractivity (Wildman–Crippen MR) is 118 cm³/mol. The third kappa shape index (κ3) is 4.22. The third-order valence-electron chi connectivity index (χ3n) is 5.23. The number of benzene rings is 2. The van der Waals surface area contributed by atoms with Gasteiger partial charge < -0.3 is 5.73 Å². The van der Waals surface area contributed by atoms with Gasteiger partial charge in [0.1, 0.15) is 0 Å². The van der Waals surface area contributed by atoms with Gasteiger partial charge in [0, 0.05) is 23.5 Å². The Kier molecular flexibility index (Phi) is 6.75. The first kappa shape index (κ1) is 20.0. The maximum Gasteiger partial charge on any atom is 0.329 e. The van der Waals surface area contributed by atoms with Crippen LogP contribution in [0.15, 0.2) is 59.4 Å². The van der Waals surface area contributed by atoms with E-state index in [2.05, 4.69) is 26.0 Å². The summed E-state index contributed by atoms with van der Waals surface area (Å²) in [6.45, 7) is 5.66. The zero-order valence-electron chi connectivity index (χ0n) is 17.0. The summed E-state index contributed by atoms with van der Waals surface area (Å²) in [6, 6.07) is 18.1. The molecular formula is C24H31N3O. The number of para-hydroxylation sites is 1. The summed E-state index contributed by atoms with van der Waals surface area (Å²) in [4.78, 5) is 13.5. The molecule has 0 bridgehead atoms. The smallest absolute Gasteiger partial charge is 0.329 e. The molecule has 0 saturated carbocycles. The Balaban J connectivity index is 2.20. The molecule has 0 fully saturated rings. The van der Waals surface area contributed by atoms with Crippen molar-refractivity contribution in [2.24, 2.45) is 0 Å². The second kappa shape index (κ2) is 9.45. The first-order valence-electron chi connectivity index (χ1n) is 10.4. The molecule has 4 heteroatoms. The number of imidazole rings is 1. The van der Waals surface area contributed by atoms with Crippen molar-refractivity contribution in [3.8, 4) is 11.3 Å². The highest BCUT2D eigenvalue weighted by Crippen LogP contribution is 2.30. The molecule has 3 aromatic rings. The Labute approximate surface area is 167 Å². The van der Waals surface area contributed by atoms with Crippen LogP contribution in [-0.4, -0.2) is 9.13 Å². The molecule has 1 aromatic heterocycles. The lowest BCUT2D eigenvalue weighted by atomic mass is 10.0. The third-order valence-corrected chi connectivity index (χ3v) is 5.23. The Bertz CT molecular complexity index is 954. The normalized spacial score (nSPS) is 11.1. The molecule has 4 nitrogen and oxygen atoms in total. The van der Waals surface area contributed by atoms with E-state index in [1.807, 2.05) is 51.6 Å². The number of aromatic nitrogens is 2. The summed E-state index contributed by atoms with van der Waals surface area (Å²) >= 11 is 0. The molecule has 0 spiro atoms. The minimum absolute atomic E-state index is 0.0710. The molecule has 3 rings (SSSR count). The van der Waals surface area contributed by atoms with Gasteiger partial charge in [0.25, 0.3) is 0 Å². The fourth-order valence-corrected chi connectivity index (χ4v) is 3.70. The van der Waals surface area contributed by atoms with Gasteiger partial charge in [0.15, 0.2) is 0 Å². The molecule has 0 aliphatic heterocycles. The van der Waals surface area contributed by atoms with Gasteiger partial charge in [-0.05, 0) is 30.9 Å². The maximum atomic E-state index is 13.5. The van der Waals surface area contributed by atoms with Crippen LogP contribution in [0.5, 0.6) is 0 Å². The van der Waals surface area contributed by atoms with E-state index in [0.717, 1.165) is 66.9 Å². The van der Waals surface area contributed by atoms with Crippen molar-refractivity contribution in [2.75, 3.05) is 5.73 Å². The molecule has 148 valence electrons. The molecule has 0 atom stereocenters. The summed E-state index contributed by atoms with van der Waals surface area (Å²) < 4.78 is 3.91. The summed E-state index contributed by atoms with van der Waals surface area (Å²) in [5.41, 5.74) is 11.3. The topological polar surface area (TPSA) is 52.9 Å². The molecule has 1 heterocycles. The van der Waals surface area contributed by atoms with E-state index < -0.39 is 0 Å². The number of unbranched alkanes of at least 4 members (excludes halogenated alkanes) is 2. The average molecular weight is 378 g/mol. The summed E-state index contributed by atoms with van der Waals surface area (Å²) in [7, 11) is 0. The molecule has 2 N–H and O–H groups in total. The van der Waals surface area contributed by atoms with E-state index in [-0.39, 0.29) is 5.69 Å². The molecule has 0 aliphatic rings. The SMILES string of the molecule is CCCCc1c(-c2ccccc2N)n(CCCC)c(=O)n1Cc1ccccc1. The zero-order valence-corrected chi connectivity index (χ0v) is 17.0.